The van der Waals surface area contributed by atoms with Crippen molar-refractivity contribution in [3.05, 3.63) is 69.2 Å². The Labute approximate surface area is 140 Å². The third kappa shape index (κ3) is 3.16. The van der Waals surface area contributed by atoms with Gasteiger partial charge in [0, 0.05) is 0 Å². The normalized spacial score (nSPS) is 12.3. The van der Waals surface area contributed by atoms with Gasteiger partial charge in [-0.25, -0.2) is 0 Å². The van der Waals surface area contributed by atoms with Crippen LogP contribution < -0.4 is 5.56 Å². The maximum absolute atomic E-state index is 12.7. The van der Waals surface area contributed by atoms with E-state index >= 15 is 0 Å². The van der Waals surface area contributed by atoms with Crippen molar-refractivity contribution >= 4 is 30.6 Å². The third-order valence-corrected chi connectivity index (χ3v) is 5.96. The number of rotatable bonds is 3. The number of nitrogens with zero attached hydrogens (tertiary/aromatic N) is 2. The van der Waals surface area contributed by atoms with E-state index in [9.17, 15) is 10.0 Å². The van der Waals surface area contributed by atoms with Crippen LogP contribution in [0.15, 0.2) is 47.3 Å². The molecule has 0 saturated carbocycles. The summed E-state index contributed by atoms with van der Waals surface area (Å²) in [6.45, 7) is 5.69. The second-order valence-electron chi connectivity index (χ2n) is 5.87. The monoisotopic (exact) mass is 374 g/mol. The zero-order valence-electron chi connectivity index (χ0n) is 13.3. The molecule has 118 valence electrons. The first-order valence-electron chi connectivity index (χ1n) is 7.49. The average molecular weight is 373 g/mol. The van der Waals surface area contributed by atoms with E-state index in [1.165, 1.54) is 0 Å². The number of aryl methyl sites for hydroxylation is 1. The second kappa shape index (κ2) is 6.19. The van der Waals surface area contributed by atoms with Gasteiger partial charge in [-0.05, 0) is 0 Å². The zero-order valence-corrected chi connectivity index (χ0v) is 15.0. The number of aromatic nitrogens is 1. The van der Waals surface area contributed by atoms with E-state index in [2.05, 4.69) is 0 Å². The van der Waals surface area contributed by atoms with Gasteiger partial charge in [0.15, 0.2) is 0 Å². The molecule has 0 fully saturated rings. The summed E-state index contributed by atoms with van der Waals surface area (Å²) < 4.78 is 3.85. The molecule has 23 heavy (non-hydrogen) atoms. The molecule has 0 amide bonds. The molecular weight excluding hydrogens is 355 g/mol. The molecule has 5 heteroatoms. The molecule has 0 spiro atoms. The zero-order chi connectivity index (χ0) is 16.6. The molecule has 0 radical (unpaired) electrons. The first-order chi connectivity index (χ1) is 11.0. The molecule has 3 aromatic rings. The van der Waals surface area contributed by atoms with E-state index < -0.39 is 0 Å². The topological polar surface area (TPSA) is 48.1 Å². The maximum atomic E-state index is 12.7. The molecule has 2 aromatic carbocycles. The predicted octanol–water partition coefficient (Wildman–Crippen LogP) is 2.69. The molecule has 0 aliphatic carbocycles. The molecular formula is C18H18N2O2Se. The fourth-order valence-corrected chi connectivity index (χ4v) is 4.37. The Balaban J connectivity index is 2.11. The molecule has 0 bridgehead atoms. The third-order valence-electron chi connectivity index (χ3n) is 3.63. The van der Waals surface area contributed by atoms with Crippen LogP contribution in [0.5, 0.6) is 0 Å². The summed E-state index contributed by atoms with van der Waals surface area (Å²) >= 11 is -0.0616. The Bertz CT molecular complexity index is 951. The van der Waals surface area contributed by atoms with Gasteiger partial charge < -0.3 is 0 Å². The summed E-state index contributed by atoms with van der Waals surface area (Å²) in [5, 5.41) is 12.6. The second-order valence-corrected chi connectivity index (χ2v) is 7.94. The van der Waals surface area contributed by atoms with Crippen molar-refractivity contribution in [1.29, 1.82) is 0 Å². The van der Waals surface area contributed by atoms with Crippen LogP contribution in [0.25, 0.3) is 15.3 Å². The minimum atomic E-state index is -0.108. The number of hydroxylamine groups is 1. The van der Waals surface area contributed by atoms with E-state index in [1.54, 1.807) is 6.21 Å². The van der Waals surface area contributed by atoms with Gasteiger partial charge in [-0.3, -0.25) is 0 Å². The molecule has 0 aliphatic rings. The van der Waals surface area contributed by atoms with Crippen molar-refractivity contribution in [3.63, 3.8) is 0 Å². The summed E-state index contributed by atoms with van der Waals surface area (Å²) in [6, 6.07) is 13.5. The van der Waals surface area contributed by atoms with Crippen molar-refractivity contribution in [2.75, 3.05) is 0 Å². The number of fused-ring (bicyclic) bond motifs is 1. The Hall–Kier alpha value is -2.10. The van der Waals surface area contributed by atoms with Gasteiger partial charge in [0.1, 0.15) is 0 Å². The quantitative estimate of drug-likeness (QED) is 0.233. The molecule has 1 aromatic heterocycles. The summed E-state index contributed by atoms with van der Waals surface area (Å²) in [7, 11) is 0. The van der Waals surface area contributed by atoms with Crippen LogP contribution in [0.4, 0.5) is 0 Å². The first kappa shape index (κ1) is 15.8. The Kier molecular flexibility index (Phi) is 4.24. The van der Waals surface area contributed by atoms with Gasteiger partial charge in [0.2, 0.25) is 0 Å². The molecule has 1 heterocycles. The van der Waals surface area contributed by atoms with Crippen LogP contribution in [0, 0.1) is 12.1 Å². The molecule has 0 N–H and O–H groups in total. The molecule has 0 aliphatic heterocycles. The van der Waals surface area contributed by atoms with Gasteiger partial charge in [0.25, 0.3) is 0 Å². The minimum absolute atomic E-state index is 0.0451. The van der Waals surface area contributed by atoms with Gasteiger partial charge in [-0.2, -0.15) is 0 Å². The van der Waals surface area contributed by atoms with E-state index in [4.69, 9.17) is 0 Å². The van der Waals surface area contributed by atoms with Crippen molar-refractivity contribution in [2.24, 2.45) is 0 Å². The average Bonchev–Trinajstić information content (AvgIpc) is 2.84. The van der Waals surface area contributed by atoms with Crippen molar-refractivity contribution in [3.8, 4) is 5.69 Å². The van der Waals surface area contributed by atoms with Crippen LogP contribution in [-0.2, 0) is 0 Å². The van der Waals surface area contributed by atoms with E-state index in [-0.39, 0.29) is 26.3 Å². The van der Waals surface area contributed by atoms with Gasteiger partial charge >= 0.3 is 141 Å². The van der Waals surface area contributed by atoms with E-state index in [0.717, 1.165) is 31.2 Å². The molecule has 0 atom stereocenters. The van der Waals surface area contributed by atoms with E-state index in [1.807, 2.05) is 66.8 Å². The predicted molar refractivity (Wildman–Crippen MR) is 95.2 cm³/mol. The molecule has 4 nitrogen and oxygen atoms in total. The van der Waals surface area contributed by atoms with E-state index in [0.29, 0.717) is 0 Å². The SMILES string of the molecule is Cc1ccc2[se]n(-c3cccc(C=[N+]([O-])C(C)C)c3)c(=O)c2c1. The number of hydrogen-bond acceptors (Lipinski definition) is 2. The standard InChI is InChI=1S/C18H18N2O2Se/c1-12(2)19(22)11-14-5-4-6-15(10-14)20-18(21)16-9-13(3)7-8-17(16)23-20/h4-12H,1-3H3. The van der Waals surface area contributed by atoms with Gasteiger partial charge in [-0.1, -0.05) is 0 Å². The van der Waals surface area contributed by atoms with Crippen molar-refractivity contribution in [1.82, 2.24) is 3.56 Å². The number of hydrogen-bond donors (Lipinski definition) is 0. The number of benzene rings is 2. The fraction of sp³-hybridized carbons (Fsp3) is 0.222. The van der Waals surface area contributed by atoms with Crippen molar-refractivity contribution < 1.29 is 4.74 Å². The van der Waals surface area contributed by atoms with Crippen LogP contribution >= 0.6 is 0 Å². The Morgan fingerprint density at radius 1 is 1.22 bits per heavy atom. The first-order valence-corrected chi connectivity index (χ1v) is 9.11. The Morgan fingerprint density at radius 2 is 2.00 bits per heavy atom. The summed E-state index contributed by atoms with van der Waals surface area (Å²) in [6.07, 6.45) is 1.57. The van der Waals surface area contributed by atoms with Gasteiger partial charge in [0.05, 0.1) is 0 Å². The van der Waals surface area contributed by atoms with Crippen molar-refractivity contribution in [2.45, 2.75) is 26.8 Å². The van der Waals surface area contributed by atoms with Crippen LogP contribution in [-0.4, -0.2) is 35.3 Å². The summed E-state index contributed by atoms with van der Waals surface area (Å²) in [5.41, 5.74) is 2.79. The summed E-state index contributed by atoms with van der Waals surface area (Å²) in [4.78, 5) is 12.7. The fourth-order valence-electron chi connectivity index (χ4n) is 2.34. The molecule has 0 saturated heterocycles. The van der Waals surface area contributed by atoms with Crippen LogP contribution in [0.2, 0.25) is 0 Å². The van der Waals surface area contributed by atoms with Crippen LogP contribution in [0.3, 0.4) is 0 Å². The Morgan fingerprint density at radius 3 is 2.74 bits per heavy atom. The van der Waals surface area contributed by atoms with Crippen LogP contribution in [0.1, 0.15) is 25.0 Å². The molecule has 3 rings (SSSR count). The molecule has 0 unspecified atom stereocenters. The van der Waals surface area contributed by atoms with Gasteiger partial charge in [-0.15, -0.1) is 0 Å². The summed E-state index contributed by atoms with van der Waals surface area (Å²) in [5.74, 6) is 0.